The molecule has 1 heterocycles. The third-order valence-corrected chi connectivity index (χ3v) is 3.30. The van der Waals surface area contributed by atoms with Crippen molar-refractivity contribution in [1.29, 1.82) is 0 Å². The number of amides is 1. The van der Waals surface area contributed by atoms with Crippen LogP contribution in [0.1, 0.15) is 24.9 Å². The summed E-state index contributed by atoms with van der Waals surface area (Å²) in [6.45, 7) is 3.89. The summed E-state index contributed by atoms with van der Waals surface area (Å²) in [5, 5.41) is 6.86. The molecule has 1 fully saturated rings. The average Bonchev–Trinajstić information content (AvgIpc) is 2.23. The van der Waals surface area contributed by atoms with E-state index in [-0.39, 0.29) is 11.9 Å². The highest BCUT2D eigenvalue weighted by molar-refractivity contribution is 6.30. The molecular formula is C13H17ClN2O. The number of carbonyl (C=O) groups is 1. The van der Waals surface area contributed by atoms with Gasteiger partial charge in [0.2, 0.25) is 5.91 Å². The van der Waals surface area contributed by atoms with Gasteiger partial charge in [0.25, 0.3) is 0 Å². The SMILES string of the molecule is C[C@@H](NC(=O)CC1CNC1)c1cccc(Cl)c1. The summed E-state index contributed by atoms with van der Waals surface area (Å²) in [6, 6.07) is 7.60. The van der Waals surface area contributed by atoms with Crippen LogP contribution in [0.5, 0.6) is 0 Å². The maximum atomic E-state index is 11.7. The fourth-order valence-electron chi connectivity index (χ4n) is 1.91. The Morgan fingerprint density at radius 1 is 1.59 bits per heavy atom. The summed E-state index contributed by atoms with van der Waals surface area (Å²) in [5.74, 6) is 0.616. The molecule has 0 aromatic heterocycles. The minimum atomic E-state index is 0.00855. The molecule has 0 aliphatic carbocycles. The average molecular weight is 253 g/mol. The highest BCUT2D eigenvalue weighted by Gasteiger charge is 2.21. The zero-order chi connectivity index (χ0) is 12.3. The molecule has 1 aromatic rings. The zero-order valence-electron chi connectivity index (χ0n) is 9.87. The lowest BCUT2D eigenvalue weighted by atomic mass is 9.98. The number of carbonyl (C=O) groups excluding carboxylic acids is 1. The lowest BCUT2D eigenvalue weighted by Crippen LogP contribution is -2.44. The highest BCUT2D eigenvalue weighted by atomic mass is 35.5. The molecule has 0 saturated carbocycles. The van der Waals surface area contributed by atoms with Gasteiger partial charge >= 0.3 is 0 Å². The second kappa shape index (κ2) is 5.52. The van der Waals surface area contributed by atoms with Gasteiger partial charge in [-0.05, 0) is 43.6 Å². The normalized spacial score (nSPS) is 17.3. The smallest absolute Gasteiger partial charge is 0.220 e. The zero-order valence-corrected chi connectivity index (χ0v) is 10.6. The molecule has 0 spiro atoms. The Labute approximate surface area is 107 Å². The van der Waals surface area contributed by atoms with Crippen LogP contribution < -0.4 is 10.6 Å². The lowest BCUT2D eigenvalue weighted by Gasteiger charge is -2.27. The minimum absolute atomic E-state index is 0.00855. The summed E-state index contributed by atoms with van der Waals surface area (Å²) < 4.78 is 0. The van der Waals surface area contributed by atoms with Crippen LogP contribution in [0.3, 0.4) is 0 Å². The van der Waals surface area contributed by atoms with E-state index in [9.17, 15) is 4.79 Å². The number of halogens is 1. The predicted octanol–water partition coefficient (Wildman–Crippen LogP) is 2.13. The van der Waals surface area contributed by atoms with Crippen molar-refractivity contribution in [3.63, 3.8) is 0 Å². The number of hydrogen-bond donors (Lipinski definition) is 2. The molecule has 92 valence electrons. The molecule has 0 radical (unpaired) electrons. The molecule has 1 atom stereocenters. The first kappa shape index (κ1) is 12.4. The molecule has 2 N–H and O–H groups in total. The van der Waals surface area contributed by atoms with E-state index in [1.807, 2.05) is 31.2 Å². The van der Waals surface area contributed by atoms with Gasteiger partial charge < -0.3 is 10.6 Å². The standard InChI is InChI=1S/C13H17ClN2O/c1-9(11-3-2-4-12(14)6-11)16-13(17)5-10-7-15-8-10/h2-4,6,9-10,15H,5,7-8H2,1H3,(H,16,17)/t9-/m1/s1. The van der Waals surface area contributed by atoms with Crippen LogP contribution in [0.2, 0.25) is 5.02 Å². The van der Waals surface area contributed by atoms with Gasteiger partial charge in [-0.2, -0.15) is 0 Å². The van der Waals surface area contributed by atoms with E-state index >= 15 is 0 Å². The van der Waals surface area contributed by atoms with Gasteiger partial charge in [0.1, 0.15) is 0 Å². The van der Waals surface area contributed by atoms with Gasteiger partial charge in [-0.3, -0.25) is 4.79 Å². The second-order valence-corrected chi connectivity index (χ2v) is 5.01. The number of nitrogens with one attached hydrogen (secondary N) is 2. The molecule has 2 rings (SSSR count). The van der Waals surface area contributed by atoms with Gasteiger partial charge in [-0.25, -0.2) is 0 Å². The molecule has 1 saturated heterocycles. The largest absolute Gasteiger partial charge is 0.350 e. The highest BCUT2D eigenvalue weighted by Crippen LogP contribution is 2.18. The van der Waals surface area contributed by atoms with Crippen LogP contribution >= 0.6 is 11.6 Å². The first-order valence-corrected chi connectivity index (χ1v) is 6.28. The first-order valence-electron chi connectivity index (χ1n) is 5.90. The summed E-state index contributed by atoms with van der Waals surface area (Å²) >= 11 is 5.92. The van der Waals surface area contributed by atoms with Gasteiger partial charge in [0.15, 0.2) is 0 Å². The molecular weight excluding hydrogens is 236 g/mol. The van der Waals surface area contributed by atoms with Crippen molar-refractivity contribution >= 4 is 17.5 Å². The van der Waals surface area contributed by atoms with Gasteiger partial charge in [0, 0.05) is 11.4 Å². The molecule has 3 nitrogen and oxygen atoms in total. The van der Waals surface area contributed by atoms with E-state index < -0.39 is 0 Å². The van der Waals surface area contributed by atoms with Crippen LogP contribution in [-0.2, 0) is 4.79 Å². The number of rotatable bonds is 4. The Bertz CT molecular complexity index is 404. The third kappa shape index (κ3) is 3.45. The molecule has 1 amide bonds. The van der Waals surface area contributed by atoms with Crippen molar-refractivity contribution in [3.05, 3.63) is 34.9 Å². The Morgan fingerprint density at radius 3 is 2.94 bits per heavy atom. The van der Waals surface area contributed by atoms with Crippen molar-refractivity contribution in [3.8, 4) is 0 Å². The Balaban J connectivity index is 1.87. The predicted molar refractivity (Wildman–Crippen MR) is 69.0 cm³/mol. The molecule has 1 aliphatic rings. The fourth-order valence-corrected chi connectivity index (χ4v) is 2.11. The molecule has 4 heteroatoms. The third-order valence-electron chi connectivity index (χ3n) is 3.07. The van der Waals surface area contributed by atoms with E-state index in [1.54, 1.807) is 0 Å². The summed E-state index contributed by atoms with van der Waals surface area (Å²) in [5.41, 5.74) is 1.04. The van der Waals surface area contributed by atoms with Crippen molar-refractivity contribution in [2.75, 3.05) is 13.1 Å². The topological polar surface area (TPSA) is 41.1 Å². The van der Waals surface area contributed by atoms with Gasteiger partial charge in [0.05, 0.1) is 6.04 Å². The molecule has 1 aromatic carbocycles. The maximum absolute atomic E-state index is 11.7. The lowest BCUT2D eigenvalue weighted by molar-refractivity contribution is -0.123. The molecule has 0 unspecified atom stereocenters. The van der Waals surface area contributed by atoms with Crippen molar-refractivity contribution in [2.45, 2.75) is 19.4 Å². The van der Waals surface area contributed by atoms with E-state index in [4.69, 9.17) is 11.6 Å². The minimum Gasteiger partial charge on any atom is -0.350 e. The van der Waals surface area contributed by atoms with Crippen LogP contribution in [0.25, 0.3) is 0 Å². The molecule has 17 heavy (non-hydrogen) atoms. The van der Waals surface area contributed by atoms with E-state index in [0.29, 0.717) is 17.4 Å². The van der Waals surface area contributed by atoms with E-state index in [0.717, 1.165) is 18.7 Å². The van der Waals surface area contributed by atoms with Crippen molar-refractivity contribution in [2.24, 2.45) is 5.92 Å². The Morgan fingerprint density at radius 2 is 2.35 bits per heavy atom. The number of benzene rings is 1. The maximum Gasteiger partial charge on any atom is 0.220 e. The van der Waals surface area contributed by atoms with E-state index in [2.05, 4.69) is 10.6 Å². The Kier molecular flexibility index (Phi) is 4.02. The Hall–Kier alpha value is -1.06. The summed E-state index contributed by atoms with van der Waals surface area (Å²) in [6.07, 6.45) is 0.609. The van der Waals surface area contributed by atoms with E-state index in [1.165, 1.54) is 0 Å². The second-order valence-electron chi connectivity index (χ2n) is 4.57. The van der Waals surface area contributed by atoms with Crippen molar-refractivity contribution in [1.82, 2.24) is 10.6 Å². The first-order chi connectivity index (χ1) is 8.15. The van der Waals surface area contributed by atoms with Crippen molar-refractivity contribution < 1.29 is 4.79 Å². The quantitative estimate of drug-likeness (QED) is 0.862. The van der Waals surface area contributed by atoms with Crippen LogP contribution in [0, 0.1) is 5.92 Å². The number of hydrogen-bond acceptors (Lipinski definition) is 2. The summed E-state index contributed by atoms with van der Waals surface area (Å²) in [7, 11) is 0. The fraction of sp³-hybridized carbons (Fsp3) is 0.462. The van der Waals surface area contributed by atoms with Crippen LogP contribution in [0.15, 0.2) is 24.3 Å². The monoisotopic (exact) mass is 252 g/mol. The van der Waals surface area contributed by atoms with Gasteiger partial charge in [-0.1, -0.05) is 23.7 Å². The van der Waals surface area contributed by atoms with Crippen LogP contribution in [0.4, 0.5) is 0 Å². The molecule has 1 aliphatic heterocycles. The summed E-state index contributed by atoms with van der Waals surface area (Å²) in [4.78, 5) is 11.7. The molecule has 0 bridgehead atoms. The van der Waals surface area contributed by atoms with Crippen LogP contribution in [-0.4, -0.2) is 19.0 Å². The van der Waals surface area contributed by atoms with Gasteiger partial charge in [-0.15, -0.1) is 0 Å².